The molecule has 1 amide bonds. The fraction of sp³-hybridized carbons (Fsp3) is 0.300. The second-order valence-electron chi connectivity index (χ2n) is 3.14. The molecule has 17 heavy (non-hydrogen) atoms. The summed E-state index contributed by atoms with van der Waals surface area (Å²) in [4.78, 5) is 11.6. The summed E-state index contributed by atoms with van der Waals surface area (Å²) in [5, 5.41) is 2.59. The molecule has 96 valence electrons. The van der Waals surface area contributed by atoms with Crippen LogP contribution in [0.25, 0.3) is 0 Å². The van der Waals surface area contributed by atoms with E-state index in [4.69, 9.17) is 28.9 Å². The first-order valence-corrected chi connectivity index (χ1v) is 5.44. The molecule has 1 aromatic carbocycles. The largest absolute Gasteiger partial charge is 0.352 e. The van der Waals surface area contributed by atoms with Crippen LogP contribution in [0.5, 0.6) is 0 Å². The highest BCUT2D eigenvalue weighted by atomic mass is 35.5. The van der Waals surface area contributed by atoms with Gasteiger partial charge in [-0.15, -0.1) is 12.4 Å². The van der Waals surface area contributed by atoms with E-state index in [9.17, 15) is 9.18 Å². The first kappa shape index (κ1) is 16.4. The smallest absolute Gasteiger partial charge is 0.252 e. The molecule has 1 aromatic rings. The summed E-state index contributed by atoms with van der Waals surface area (Å²) in [6.07, 6.45) is 0.652. The van der Waals surface area contributed by atoms with Gasteiger partial charge in [-0.05, 0) is 25.1 Å². The van der Waals surface area contributed by atoms with Crippen LogP contribution in [-0.4, -0.2) is 19.0 Å². The van der Waals surface area contributed by atoms with Crippen LogP contribution in [0.15, 0.2) is 12.1 Å². The molecule has 0 heterocycles. The Morgan fingerprint density at radius 3 is 2.59 bits per heavy atom. The van der Waals surface area contributed by atoms with E-state index in [0.717, 1.165) is 6.07 Å². The molecule has 0 atom stereocenters. The van der Waals surface area contributed by atoms with E-state index in [1.807, 2.05) is 0 Å². The third-order valence-corrected chi connectivity index (χ3v) is 2.52. The number of carbonyl (C=O) groups excluding carboxylic acids is 1. The van der Waals surface area contributed by atoms with Gasteiger partial charge in [-0.3, -0.25) is 4.79 Å². The lowest BCUT2D eigenvalue weighted by Crippen LogP contribution is -2.26. The van der Waals surface area contributed by atoms with Crippen molar-refractivity contribution >= 4 is 41.5 Å². The zero-order chi connectivity index (χ0) is 12.1. The summed E-state index contributed by atoms with van der Waals surface area (Å²) in [5.74, 6) is -1.11. The molecule has 0 unspecified atom stereocenters. The average molecular weight is 302 g/mol. The molecular weight excluding hydrogens is 289 g/mol. The lowest BCUT2D eigenvalue weighted by Gasteiger charge is -2.06. The van der Waals surface area contributed by atoms with Gasteiger partial charge in [0.1, 0.15) is 5.82 Å². The zero-order valence-electron chi connectivity index (χ0n) is 8.80. The molecule has 0 aliphatic rings. The Balaban J connectivity index is 0.00000256. The van der Waals surface area contributed by atoms with E-state index >= 15 is 0 Å². The van der Waals surface area contributed by atoms with Crippen molar-refractivity contribution in [3.8, 4) is 0 Å². The molecule has 0 saturated heterocycles. The molecule has 0 aliphatic carbocycles. The second kappa shape index (κ2) is 7.71. The minimum absolute atomic E-state index is 0. The van der Waals surface area contributed by atoms with E-state index in [1.165, 1.54) is 6.07 Å². The number of amides is 1. The van der Waals surface area contributed by atoms with Gasteiger partial charge in [0.05, 0.1) is 15.6 Å². The van der Waals surface area contributed by atoms with Crippen LogP contribution in [0.1, 0.15) is 16.8 Å². The van der Waals surface area contributed by atoms with Gasteiger partial charge in [0.2, 0.25) is 0 Å². The lowest BCUT2D eigenvalue weighted by molar-refractivity contribution is 0.0953. The predicted molar refractivity (Wildman–Crippen MR) is 69.7 cm³/mol. The molecule has 0 bridgehead atoms. The molecule has 0 radical (unpaired) electrons. The molecule has 0 aliphatic heterocycles. The Hall–Kier alpha value is -0.550. The van der Waals surface area contributed by atoms with Crippen molar-refractivity contribution in [1.29, 1.82) is 0 Å². The van der Waals surface area contributed by atoms with Crippen molar-refractivity contribution in [1.82, 2.24) is 5.32 Å². The molecule has 0 saturated carbocycles. The van der Waals surface area contributed by atoms with Crippen LogP contribution >= 0.6 is 35.6 Å². The van der Waals surface area contributed by atoms with Gasteiger partial charge < -0.3 is 11.1 Å². The van der Waals surface area contributed by atoms with Gasteiger partial charge in [0.25, 0.3) is 5.91 Å². The van der Waals surface area contributed by atoms with Crippen LogP contribution in [0.4, 0.5) is 4.39 Å². The highest BCUT2D eigenvalue weighted by molar-refractivity contribution is 6.36. The third kappa shape index (κ3) is 4.68. The van der Waals surface area contributed by atoms with Gasteiger partial charge in [-0.25, -0.2) is 4.39 Å². The predicted octanol–water partition coefficient (Wildman–Crippen LogP) is 2.63. The fourth-order valence-electron chi connectivity index (χ4n) is 1.10. The maximum Gasteiger partial charge on any atom is 0.252 e. The van der Waals surface area contributed by atoms with Gasteiger partial charge in [0, 0.05) is 6.54 Å². The first-order chi connectivity index (χ1) is 7.56. The van der Waals surface area contributed by atoms with Crippen molar-refractivity contribution in [3.63, 3.8) is 0 Å². The maximum atomic E-state index is 13.1. The van der Waals surface area contributed by atoms with E-state index in [1.54, 1.807) is 0 Å². The van der Waals surface area contributed by atoms with Gasteiger partial charge in [-0.2, -0.15) is 0 Å². The minimum Gasteiger partial charge on any atom is -0.352 e. The standard InChI is InChI=1S/C10H11Cl2FN2O.ClH/c11-7-5-8(12)9(13)4-6(7)10(16)15-3-1-2-14;/h4-5H,1-3,14H2,(H,15,16);1H. The molecule has 3 N–H and O–H groups in total. The Morgan fingerprint density at radius 2 is 2.00 bits per heavy atom. The highest BCUT2D eigenvalue weighted by Crippen LogP contribution is 2.24. The summed E-state index contributed by atoms with van der Waals surface area (Å²) in [7, 11) is 0. The van der Waals surface area contributed by atoms with Crippen molar-refractivity contribution in [2.24, 2.45) is 5.73 Å². The summed E-state index contributed by atoms with van der Waals surface area (Å²) >= 11 is 11.3. The normalized spacial score (nSPS) is 9.65. The number of carbonyl (C=O) groups is 1. The molecule has 7 heteroatoms. The molecule has 0 spiro atoms. The van der Waals surface area contributed by atoms with Gasteiger partial charge >= 0.3 is 0 Å². The number of nitrogens with two attached hydrogens (primary N) is 1. The van der Waals surface area contributed by atoms with Crippen LogP contribution in [0, 0.1) is 5.82 Å². The van der Waals surface area contributed by atoms with Crippen molar-refractivity contribution < 1.29 is 9.18 Å². The Kier molecular flexibility index (Phi) is 7.46. The van der Waals surface area contributed by atoms with Crippen molar-refractivity contribution in [2.45, 2.75) is 6.42 Å². The summed E-state index contributed by atoms with van der Waals surface area (Å²) in [6, 6.07) is 2.22. The SMILES string of the molecule is Cl.NCCCNC(=O)c1cc(F)c(Cl)cc1Cl. The molecule has 0 fully saturated rings. The topological polar surface area (TPSA) is 55.1 Å². The van der Waals surface area contributed by atoms with Crippen LogP contribution < -0.4 is 11.1 Å². The van der Waals surface area contributed by atoms with E-state index in [-0.39, 0.29) is 28.0 Å². The summed E-state index contributed by atoms with van der Waals surface area (Å²) in [6.45, 7) is 0.902. The first-order valence-electron chi connectivity index (χ1n) is 4.69. The average Bonchev–Trinajstić information content (AvgIpc) is 2.23. The quantitative estimate of drug-likeness (QED) is 0.663. The maximum absolute atomic E-state index is 13.1. The van der Waals surface area contributed by atoms with Crippen LogP contribution in [-0.2, 0) is 0 Å². The van der Waals surface area contributed by atoms with E-state index < -0.39 is 11.7 Å². The van der Waals surface area contributed by atoms with Crippen LogP contribution in [0.2, 0.25) is 10.0 Å². The summed E-state index contributed by atoms with van der Waals surface area (Å²) in [5.41, 5.74) is 5.34. The van der Waals surface area contributed by atoms with Gasteiger partial charge in [-0.1, -0.05) is 23.2 Å². The van der Waals surface area contributed by atoms with Gasteiger partial charge in [0.15, 0.2) is 0 Å². The number of nitrogens with one attached hydrogen (secondary N) is 1. The van der Waals surface area contributed by atoms with E-state index in [2.05, 4.69) is 5.32 Å². The fourth-order valence-corrected chi connectivity index (χ4v) is 1.56. The monoisotopic (exact) mass is 300 g/mol. The zero-order valence-corrected chi connectivity index (χ0v) is 11.1. The molecular formula is C10H12Cl3FN2O. The van der Waals surface area contributed by atoms with E-state index in [0.29, 0.717) is 19.5 Å². The molecule has 1 rings (SSSR count). The van der Waals surface area contributed by atoms with Crippen molar-refractivity contribution in [3.05, 3.63) is 33.6 Å². The summed E-state index contributed by atoms with van der Waals surface area (Å²) < 4.78 is 13.1. The Bertz CT molecular complexity index is 401. The number of halogens is 4. The van der Waals surface area contributed by atoms with Crippen molar-refractivity contribution in [2.75, 3.05) is 13.1 Å². The number of rotatable bonds is 4. The Morgan fingerprint density at radius 1 is 1.35 bits per heavy atom. The lowest BCUT2D eigenvalue weighted by atomic mass is 10.2. The minimum atomic E-state index is -0.671. The number of hydrogen-bond donors (Lipinski definition) is 2. The van der Waals surface area contributed by atoms with Crippen LogP contribution in [0.3, 0.4) is 0 Å². The number of hydrogen-bond acceptors (Lipinski definition) is 2. The Labute approximate surface area is 115 Å². The highest BCUT2D eigenvalue weighted by Gasteiger charge is 2.13. The number of benzene rings is 1. The molecule has 0 aromatic heterocycles. The third-order valence-electron chi connectivity index (χ3n) is 1.92. The second-order valence-corrected chi connectivity index (χ2v) is 3.96. The molecule has 3 nitrogen and oxygen atoms in total.